The second-order valence-electron chi connectivity index (χ2n) is 4.13. The summed E-state index contributed by atoms with van der Waals surface area (Å²) in [6.45, 7) is 0.362. The molecule has 2 rings (SSSR count). The maximum atomic E-state index is 11.2. The second kappa shape index (κ2) is 4.99. The molecule has 1 amide bonds. The molecule has 0 aromatic heterocycles. The van der Waals surface area contributed by atoms with Gasteiger partial charge in [0, 0.05) is 6.54 Å². The first-order valence-electron chi connectivity index (χ1n) is 5.67. The molecule has 0 atom stereocenters. The quantitative estimate of drug-likeness (QED) is 0.611. The van der Waals surface area contributed by atoms with Crippen LogP contribution in [-0.4, -0.2) is 19.0 Å². The van der Waals surface area contributed by atoms with Crippen LogP contribution in [-0.2, 0) is 33.7 Å². The van der Waals surface area contributed by atoms with Gasteiger partial charge in [-0.25, -0.2) is 4.79 Å². The van der Waals surface area contributed by atoms with Crippen LogP contribution in [0.1, 0.15) is 23.1 Å². The Balaban J connectivity index is 1.96. The lowest BCUT2D eigenvalue weighted by Gasteiger charge is -2.06. The Morgan fingerprint density at radius 3 is 2.82 bits per heavy atom. The van der Waals surface area contributed by atoms with Gasteiger partial charge in [-0.2, -0.15) is 0 Å². The Bertz CT molecular complexity index is 454. The van der Waals surface area contributed by atoms with Crippen molar-refractivity contribution in [3.63, 3.8) is 0 Å². The van der Waals surface area contributed by atoms with Gasteiger partial charge in [0.25, 0.3) is 0 Å². The van der Waals surface area contributed by atoms with Crippen molar-refractivity contribution in [2.45, 2.75) is 25.8 Å². The van der Waals surface area contributed by atoms with E-state index >= 15 is 0 Å². The number of benzene rings is 1. The van der Waals surface area contributed by atoms with E-state index in [9.17, 15) is 9.59 Å². The highest BCUT2D eigenvalue weighted by Gasteiger charge is 2.14. The average Bonchev–Trinajstić information content (AvgIpc) is 2.82. The third-order valence-electron chi connectivity index (χ3n) is 2.99. The average molecular weight is 233 g/mol. The minimum atomic E-state index is -0.855. The minimum Gasteiger partial charge on any atom is -0.462 e. The molecule has 0 fully saturated rings. The molecule has 0 saturated heterocycles. The third kappa shape index (κ3) is 2.64. The van der Waals surface area contributed by atoms with Gasteiger partial charge in [0.15, 0.2) is 0 Å². The molecule has 1 aliphatic rings. The van der Waals surface area contributed by atoms with E-state index in [1.54, 1.807) is 0 Å². The molecule has 90 valence electrons. The van der Waals surface area contributed by atoms with Crippen molar-refractivity contribution < 1.29 is 14.3 Å². The largest absolute Gasteiger partial charge is 0.462 e. The van der Waals surface area contributed by atoms with E-state index in [2.05, 4.69) is 22.2 Å². The van der Waals surface area contributed by atoms with E-state index in [1.165, 1.54) is 24.7 Å². The molecule has 4 nitrogen and oxygen atoms in total. The molecule has 1 aromatic carbocycles. The number of aryl methyl sites for hydroxylation is 2. The van der Waals surface area contributed by atoms with Crippen LogP contribution < -0.4 is 5.32 Å². The molecule has 0 unspecified atom stereocenters. The van der Waals surface area contributed by atoms with Crippen LogP contribution in [0.25, 0.3) is 0 Å². The fourth-order valence-corrected chi connectivity index (χ4v) is 2.08. The smallest absolute Gasteiger partial charge is 0.396 e. The van der Waals surface area contributed by atoms with Crippen molar-refractivity contribution in [1.82, 2.24) is 5.32 Å². The highest BCUT2D eigenvalue weighted by atomic mass is 16.5. The van der Waals surface area contributed by atoms with Gasteiger partial charge >= 0.3 is 11.9 Å². The summed E-state index contributed by atoms with van der Waals surface area (Å²) in [5, 5.41) is 2.53. The van der Waals surface area contributed by atoms with Crippen LogP contribution >= 0.6 is 0 Å². The lowest BCUT2D eigenvalue weighted by Crippen LogP contribution is -2.31. The van der Waals surface area contributed by atoms with Gasteiger partial charge in [0.05, 0.1) is 7.11 Å². The third-order valence-corrected chi connectivity index (χ3v) is 2.99. The second-order valence-corrected chi connectivity index (χ2v) is 4.13. The number of carbonyl (C=O) groups is 2. The summed E-state index contributed by atoms with van der Waals surface area (Å²) in [5.41, 5.74) is 3.77. The van der Waals surface area contributed by atoms with E-state index < -0.39 is 11.9 Å². The number of fused-ring (bicyclic) bond motifs is 1. The Hall–Kier alpha value is -1.84. The zero-order valence-electron chi connectivity index (χ0n) is 9.79. The predicted octanol–water partition coefficient (Wildman–Crippen LogP) is 0.964. The number of ether oxygens (including phenoxy) is 1. The SMILES string of the molecule is COC(=O)C(=O)NCc1ccc2c(c1)CCC2. The number of hydrogen-bond acceptors (Lipinski definition) is 3. The van der Waals surface area contributed by atoms with E-state index in [1.807, 2.05) is 6.07 Å². The van der Waals surface area contributed by atoms with Crippen LogP contribution in [0, 0.1) is 0 Å². The van der Waals surface area contributed by atoms with Gasteiger partial charge in [0.1, 0.15) is 0 Å². The summed E-state index contributed by atoms with van der Waals surface area (Å²) in [5.74, 6) is -1.56. The van der Waals surface area contributed by atoms with Gasteiger partial charge in [-0.1, -0.05) is 18.2 Å². The van der Waals surface area contributed by atoms with Gasteiger partial charge in [-0.05, 0) is 36.0 Å². The summed E-state index contributed by atoms with van der Waals surface area (Å²) in [4.78, 5) is 22.1. The molecular formula is C13H15NO3. The Morgan fingerprint density at radius 2 is 2.06 bits per heavy atom. The Kier molecular flexibility index (Phi) is 3.42. The number of esters is 1. The van der Waals surface area contributed by atoms with E-state index in [-0.39, 0.29) is 0 Å². The first kappa shape index (κ1) is 11.6. The fraction of sp³-hybridized carbons (Fsp3) is 0.385. The van der Waals surface area contributed by atoms with E-state index in [0.717, 1.165) is 18.4 Å². The number of rotatable bonds is 2. The molecule has 0 bridgehead atoms. The fourth-order valence-electron chi connectivity index (χ4n) is 2.08. The number of methoxy groups -OCH3 is 1. The van der Waals surface area contributed by atoms with Crippen LogP contribution in [0.2, 0.25) is 0 Å². The minimum absolute atomic E-state index is 0.362. The normalized spacial score (nSPS) is 13.0. The van der Waals surface area contributed by atoms with E-state index in [4.69, 9.17) is 0 Å². The summed E-state index contributed by atoms with van der Waals surface area (Å²) in [7, 11) is 1.19. The van der Waals surface area contributed by atoms with Crippen LogP contribution in [0.15, 0.2) is 18.2 Å². The monoisotopic (exact) mass is 233 g/mol. The first-order chi connectivity index (χ1) is 8.20. The Labute approximate surface area is 100.0 Å². The molecular weight excluding hydrogens is 218 g/mol. The number of hydrogen-bond donors (Lipinski definition) is 1. The summed E-state index contributed by atoms with van der Waals surface area (Å²) < 4.78 is 4.32. The standard InChI is InChI=1S/C13H15NO3/c1-17-13(16)12(15)14-8-9-5-6-10-3-2-4-11(10)7-9/h5-7H,2-4,8H2,1H3,(H,14,15). The van der Waals surface area contributed by atoms with Crippen molar-refractivity contribution in [3.05, 3.63) is 34.9 Å². The number of nitrogens with one attached hydrogen (secondary N) is 1. The molecule has 1 N–H and O–H groups in total. The molecule has 0 heterocycles. The molecule has 1 aliphatic carbocycles. The van der Waals surface area contributed by atoms with Crippen LogP contribution in [0.4, 0.5) is 0 Å². The highest BCUT2D eigenvalue weighted by Crippen LogP contribution is 2.22. The number of amides is 1. The molecule has 0 spiro atoms. The molecule has 1 aromatic rings. The summed E-state index contributed by atoms with van der Waals surface area (Å²) in [6.07, 6.45) is 3.45. The molecule has 0 saturated carbocycles. The van der Waals surface area contributed by atoms with Gasteiger partial charge < -0.3 is 10.1 Å². The Morgan fingerprint density at radius 1 is 1.29 bits per heavy atom. The lowest BCUT2D eigenvalue weighted by molar-refractivity contribution is -0.152. The van der Waals surface area contributed by atoms with Crippen molar-refractivity contribution in [2.24, 2.45) is 0 Å². The lowest BCUT2D eigenvalue weighted by atomic mass is 10.1. The van der Waals surface area contributed by atoms with Crippen molar-refractivity contribution >= 4 is 11.9 Å². The molecule has 17 heavy (non-hydrogen) atoms. The maximum absolute atomic E-state index is 11.2. The number of carbonyl (C=O) groups excluding carboxylic acids is 2. The molecule has 0 radical (unpaired) electrons. The maximum Gasteiger partial charge on any atom is 0.396 e. The zero-order chi connectivity index (χ0) is 12.3. The zero-order valence-corrected chi connectivity index (χ0v) is 9.79. The van der Waals surface area contributed by atoms with E-state index in [0.29, 0.717) is 6.54 Å². The molecule has 4 heteroatoms. The van der Waals surface area contributed by atoms with Crippen molar-refractivity contribution in [3.8, 4) is 0 Å². The predicted molar refractivity (Wildman–Crippen MR) is 62.3 cm³/mol. The van der Waals surface area contributed by atoms with Crippen LogP contribution in [0.3, 0.4) is 0 Å². The summed E-state index contributed by atoms with van der Waals surface area (Å²) in [6, 6.07) is 6.18. The first-order valence-corrected chi connectivity index (χ1v) is 5.67. The van der Waals surface area contributed by atoms with Gasteiger partial charge in [0.2, 0.25) is 0 Å². The van der Waals surface area contributed by atoms with Crippen molar-refractivity contribution in [1.29, 1.82) is 0 Å². The highest BCUT2D eigenvalue weighted by molar-refractivity contribution is 6.32. The topological polar surface area (TPSA) is 55.4 Å². The van der Waals surface area contributed by atoms with Gasteiger partial charge in [-0.3, -0.25) is 4.79 Å². The van der Waals surface area contributed by atoms with Crippen molar-refractivity contribution in [2.75, 3.05) is 7.11 Å². The molecule has 0 aliphatic heterocycles. The van der Waals surface area contributed by atoms with Gasteiger partial charge in [-0.15, -0.1) is 0 Å². The summed E-state index contributed by atoms with van der Waals surface area (Å²) >= 11 is 0. The van der Waals surface area contributed by atoms with Crippen LogP contribution in [0.5, 0.6) is 0 Å².